The van der Waals surface area contributed by atoms with Gasteiger partial charge in [0.05, 0.1) is 11.7 Å². The summed E-state index contributed by atoms with van der Waals surface area (Å²) in [6.07, 6.45) is 0.245. The number of carbonyl (C=O) groups is 3. The third-order valence-electron chi connectivity index (χ3n) is 4.69. The largest absolute Gasteiger partial charge is 0.463 e. The molecule has 2 aromatic rings. The van der Waals surface area contributed by atoms with Crippen molar-refractivity contribution in [2.75, 3.05) is 11.9 Å². The van der Waals surface area contributed by atoms with Gasteiger partial charge in [0.2, 0.25) is 0 Å². The van der Waals surface area contributed by atoms with Crippen molar-refractivity contribution in [2.45, 2.75) is 52.7 Å². The molecule has 3 rings (SSSR count). The number of anilines is 1. The Balaban J connectivity index is 1.90. The molecule has 0 aliphatic carbocycles. The standard InChI is InChI=1S/C21H24N4O8/c1-11(32-13(3)27)19(33-14(4)28)16(8-30-12(2)26)31-10-25-7-15-5-6-17(29)24-20-18(15)21(25)23-9-22-20/h5-7,9,11,16,19H,8,10H2,1-4H3,(H,22,23,24,29)/t11-,16+,19-/m0/s1. The van der Waals surface area contributed by atoms with Gasteiger partial charge in [0.25, 0.3) is 5.56 Å². The molecule has 1 N–H and O–H groups in total. The molecule has 0 aromatic carbocycles. The van der Waals surface area contributed by atoms with Crippen LogP contribution >= 0.6 is 0 Å². The highest BCUT2D eigenvalue weighted by atomic mass is 16.6. The summed E-state index contributed by atoms with van der Waals surface area (Å²) < 4.78 is 23.2. The molecule has 176 valence electrons. The van der Waals surface area contributed by atoms with Crippen molar-refractivity contribution in [1.82, 2.24) is 9.55 Å². The first-order valence-electron chi connectivity index (χ1n) is 10.1. The normalized spacial score (nSPS) is 14.7. The summed E-state index contributed by atoms with van der Waals surface area (Å²) in [6, 6.07) is 2.96. The molecule has 0 spiro atoms. The Morgan fingerprint density at radius 3 is 2.48 bits per heavy atom. The monoisotopic (exact) mass is 460 g/mol. The summed E-state index contributed by atoms with van der Waals surface area (Å²) >= 11 is 0. The van der Waals surface area contributed by atoms with Gasteiger partial charge in [0, 0.05) is 38.4 Å². The van der Waals surface area contributed by atoms with E-state index in [2.05, 4.69) is 15.3 Å². The number of hydrogen-bond donors (Lipinski definition) is 1. The molecular formula is C21H24N4O8. The van der Waals surface area contributed by atoms with E-state index in [0.717, 1.165) is 0 Å². The Hall–Kier alpha value is -3.80. The first-order valence-corrected chi connectivity index (χ1v) is 10.1. The number of aliphatic imine (C=N–C) groups is 1. The number of nitrogens with one attached hydrogen (secondary N) is 1. The van der Waals surface area contributed by atoms with Gasteiger partial charge in [-0.3, -0.25) is 19.2 Å². The summed E-state index contributed by atoms with van der Waals surface area (Å²) in [5, 5.41) is 4.18. The smallest absolute Gasteiger partial charge is 0.303 e. The Kier molecular flexibility index (Phi) is 7.38. The lowest BCUT2D eigenvalue weighted by atomic mass is 10.1. The lowest BCUT2D eigenvalue weighted by Gasteiger charge is -2.30. The van der Waals surface area contributed by atoms with E-state index in [1.807, 2.05) is 0 Å². The number of rotatable bonds is 9. The van der Waals surface area contributed by atoms with E-state index in [1.54, 1.807) is 23.8 Å². The average Bonchev–Trinajstić information content (AvgIpc) is 3.00. The topological polar surface area (TPSA) is 147 Å². The van der Waals surface area contributed by atoms with E-state index >= 15 is 0 Å². The van der Waals surface area contributed by atoms with Crippen LogP contribution in [-0.2, 0) is 40.1 Å². The molecule has 1 aliphatic rings. The van der Waals surface area contributed by atoms with Gasteiger partial charge in [-0.15, -0.1) is 0 Å². The fourth-order valence-corrected chi connectivity index (χ4v) is 3.40. The van der Waals surface area contributed by atoms with Gasteiger partial charge in [0.15, 0.2) is 6.10 Å². The first kappa shape index (κ1) is 23.9. The molecule has 0 unspecified atom stereocenters. The molecule has 0 radical (unpaired) electrons. The van der Waals surface area contributed by atoms with Crippen LogP contribution in [0.3, 0.4) is 0 Å². The molecule has 0 saturated heterocycles. The van der Waals surface area contributed by atoms with E-state index < -0.39 is 41.8 Å². The van der Waals surface area contributed by atoms with Gasteiger partial charge in [0.1, 0.15) is 37.2 Å². The van der Waals surface area contributed by atoms with Gasteiger partial charge >= 0.3 is 17.9 Å². The maximum atomic E-state index is 11.8. The van der Waals surface area contributed by atoms with Gasteiger partial charge in [-0.1, -0.05) is 0 Å². The predicted molar refractivity (Wildman–Crippen MR) is 116 cm³/mol. The zero-order valence-corrected chi connectivity index (χ0v) is 18.6. The molecule has 0 saturated carbocycles. The Morgan fingerprint density at radius 1 is 1.09 bits per heavy atom. The van der Waals surface area contributed by atoms with Gasteiger partial charge in [-0.25, -0.2) is 4.99 Å². The maximum absolute atomic E-state index is 11.8. The Labute approximate surface area is 188 Å². The molecular weight excluding hydrogens is 436 g/mol. The van der Waals surface area contributed by atoms with Crippen LogP contribution in [0, 0.1) is 0 Å². The Bertz CT molecular complexity index is 1160. The number of aromatic nitrogens is 2. The fourth-order valence-electron chi connectivity index (χ4n) is 3.40. The zero-order chi connectivity index (χ0) is 24.1. The van der Waals surface area contributed by atoms with E-state index in [0.29, 0.717) is 22.4 Å². The lowest BCUT2D eigenvalue weighted by molar-refractivity contribution is -0.186. The summed E-state index contributed by atoms with van der Waals surface area (Å²) in [5.41, 5.74) is -0.400. The van der Waals surface area contributed by atoms with Crippen molar-refractivity contribution in [1.29, 1.82) is 0 Å². The van der Waals surface area contributed by atoms with E-state index in [4.69, 9.17) is 18.9 Å². The lowest BCUT2D eigenvalue weighted by Crippen LogP contribution is -2.45. The van der Waals surface area contributed by atoms with Crippen LogP contribution < -0.4 is 10.9 Å². The third-order valence-corrected chi connectivity index (χ3v) is 4.69. The molecule has 2 aromatic heterocycles. The summed E-state index contributed by atoms with van der Waals surface area (Å²) in [7, 11) is 0. The summed E-state index contributed by atoms with van der Waals surface area (Å²) in [4.78, 5) is 54.6. The van der Waals surface area contributed by atoms with Crippen molar-refractivity contribution < 1.29 is 33.3 Å². The summed E-state index contributed by atoms with van der Waals surface area (Å²) in [5.74, 6) is -0.893. The Morgan fingerprint density at radius 2 is 1.82 bits per heavy atom. The number of esters is 3. The first-order chi connectivity index (χ1) is 15.7. The van der Waals surface area contributed by atoms with Crippen LogP contribution in [0.25, 0.3) is 10.8 Å². The van der Waals surface area contributed by atoms with E-state index in [1.165, 1.54) is 33.2 Å². The van der Waals surface area contributed by atoms with Crippen LogP contribution in [0.15, 0.2) is 28.1 Å². The molecule has 1 aliphatic heterocycles. The molecule has 3 atom stereocenters. The minimum atomic E-state index is -1.05. The minimum Gasteiger partial charge on any atom is -0.463 e. The molecule has 0 bridgehead atoms. The van der Waals surface area contributed by atoms with Crippen LogP contribution in [0.5, 0.6) is 0 Å². The third kappa shape index (κ3) is 5.92. The van der Waals surface area contributed by atoms with Crippen LogP contribution in [-0.4, -0.2) is 58.7 Å². The highest BCUT2D eigenvalue weighted by molar-refractivity contribution is 6.06. The van der Waals surface area contributed by atoms with Gasteiger partial charge < -0.3 is 28.8 Å². The molecule has 0 fully saturated rings. The molecule has 33 heavy (non-hydrogen) atoms. The SMILES string of the molecule is CC(=O)OC[C@@H](OCn1cc2ccc(=O)nc3c2c1N=CN3)[C@@H](OC(C)=O)[C@H](C)OC(C)=O. The molecule has 0 amide bonds. The zero-order valence-electron chi connectivity index (χ0n) is 18.6. The molecule has 3 heterocycles. The maximum Gasteiger partial charge on any atom is 0.303 e. The highest BCUT2D eigenvalue weighted by Crippen LogP contribution is 2.34. The quantitative estimate of drug-likeness (QED) is 0.428. The van der Waals surface area contributed by atoms with Crippen molar-refractivity contribution in [2.24, 2.45) is 4.99 Å². The van der Waals surface area contributed by atoms with E-state index in [9.17, 15) is 19.2 Å². The van der Waals surface area contributed by atoms with Crippen molar-refractivity contribution >= 4 is 46.7 Å². The predicted octanol–water partition coefficient (Wildman–Crippen LogP) is 1.27. The van der Waals surface area contributed by atoms with Crippen LogP contribution in [0.4, 0.5) is 11.6 Å². The van der Waals surface area contributed by atoms with Gasteiger partial charge in [-0.05, 0) is 13.0 Å². The summed E-state index contributed by atoms with van der Waals surface area (Å²) in [6.45, 7) is 4.88. The van der Waals surface area contributed by atoms with Crippen LogP contribution in [0.2, 0.25) is 0 Å². The second kappa shape index (κ2) is 10.2. The molecule has 12 heteroatoms. The average molecular weight is 460 g/mol. The highest BCUT2D eigenvalue weighted by Gasteiger charge is 2.34. The second-order valence-electron chi connectivity index (χ2n) is 7.31. The van der Waals surface area contributed by atoms with Crippen molar-refractivity contribution in [3.05, 3.63) is 28.7 Å². The number of carbonyl (C=O) groups excluding carboxylic acids is 3. The number of hydrogen-bond acceptors (Lipinski definition) is 11. The van der Waals surface area contributed by atoms with Crippen molar-refractivity contribution in [3.63, 3.8) is 0 Å². The van der Waals surface area contributed by atoms with Gasteiger partial charge in [-0.2, -0.15) is 4.98 Å². The fraction of sp³-hybridized carbons (Fsp3) is 0.429. The van der Waals surface area contributed by atoms with Crippen molar-refractivity contribution in [3.8, 4) is 0 Å². The van der Waals surface area contributed by atoms with E-state index in [-0.39, 0.29) is 13.3 Å². The van der Waals surface area contributed by atoms with Crippen LogP contribution in [0.1, 0.15) is 27.7 Å². The minimum absolute atomic E-state index is 0.0781. The molecule has 12 nitrogen and oxygen atoms in total. The number of nitrogens with zero attached hydrogens (tertiary/aromatic N) is 3. The number of ether oxygens (including phenoxy) is 4. The second-order valence-corrected chi connectivity index (χ2v) is 7.31.